The first-order valence-corrected chi connectivity index (χ1v) is 12.1. The minimum atomic E-state index is -5.03. The number of nitrogens with two attached hydrogens (primary N) is 2. The van der Waals surface area contributed by atoms with E-state index in [4.69, 9.17) is 16.3 Å². The summed E-state index contributed by atoms with van der Waals surface area (Å²) in [5, 5.41) is 23.0. The Labute approximate surface area is 206 Å². The first-order chi connectivity index (χ1) is 16.6. The molecule has 2 aliphatic rings. The lowest BCUT2D eigenvalue weighted by Crippen LogP contribution is -2.73. The molecule has 0 bridgehead atoms. The number of hydrogen-bond acceptors (Lipinski definition) is 13. The van der Waals surface area contributed by atoms with Crippen LogP contribution in [0.15, 0.2) is 22.6 Å². The molecule has 2 aliphatic heterocycles. The second kappa shape index (κ2) is 9.72. The average molecular weight is 548 g/mol. The molecule has 0 radical (unpaired) electrons. The zero-order chi connectivity index (χ0) is 27.0. The molecule has 1 aromatic heterocycles. The molecular formula is C16H21N9O9S2. The fourth-order valence-electron chi connectivity index (χ4n) is 2.94. The van der Waals surface area contributed by atoms with Gasteiger partial charge in [0.15, 0.2) is 5.71 Å². The molecule has 196 valence electrons. The van der Waals surface area contributed by atoms with Gasteiger partial charge in [0.05, 0.1) is 18.3 Å². The van der Waals surface area contributed by atoms with Gasteiger partial charge in [0.2, 0.25) is 11.4 Å². The number of β-lactam (4-membered cyclic amide) rings is 1. The van der Waals surface area contributed by atoms with E-state index in [2.05, 4.69) is 25.9 Å². The van der Waals surface area contributed by atoms with Gasteiger partial charge in [0.1, 0.15) is 17.9 Å². The van der Waals surface area contributed by atoms with Crippen molar-refractivity contribution in [2.45, 2.75) is 43.6 Å². The van der Waals surface area contributed by atoms with Crippen LogP contribution in [0.1, 0.15) is 24.5 Å². The highest BCUT2D eigenvalue weighted by molar-refractivity contribution is 8.02. The molecular weight excluding hydrogens is 526 g/mol. The van der Waals surface area contributed by atoms with Gasteiger partial charge in [-0.3, -0.25) is 18.9 Å². The summed E-state index contributed by atoms with van der Waals surface area (Å²) in [4.78, 5) is 56.7. The molecule has 1 aromatic rings. The van der Waals surface area contributed by atoms with E-state index in [-0.39, 0.29) is 15.8 Å². The maximum absolute atomic E-state index is 13.0. The van der Waals surface area contributed by atoms with Crippen LogP contribution in [0, 0.1) is 0 Å². The normalized spacial score (nSPS) is 22.4. The van der Waals surface area contributed by atoms with E-state index in [0.717, 1.165) is 22.8 Å². The zero-order valence-corrected chi connectivity index (χ0v) is 20.2. The standard InChI is InChI=1S/C16H21N9O9S2/c1-16(2,14(29)30)34-23-8(6-4-35-15(18)20-6)12(27)21-9-7(25(13(9)28)36(31,32)33)3-24-5-19-11(22-24)10(17)26/h4-5,7,9,15,20H,3,18H2,1-2H3,(H2,17,26)(H,21,27)(H,29,30)(H,31,32,33)/b23-8-. The van der Waals surface area contributed by atoms with Crippen LogP contribution < -0.4 is 22.1 Å². The molecule has 0 aliphatic carbocycles. The quantitative estimate of drug-likeness (QED) is 0.0718. The monoisotopic (exact) mass is 547 g/mol. The molecule has 3 rings (SSSR count). The molecule has 3 heterocycles. The SMILES string of the molecule is CC(C)(O/N=C(\C(=O)NC1C(=O)N(S(=O)(=O)O)C1Cn1cnc(C(N)=O)n1)C1=CSC(N)N1)C(=O)O. The maximum atomic E-state index is 13.0. The fraction of sp³-hybridized carbons (Fsp3) is 0.438. The lowest BCUT2D eigenvalue weighted by Gasteiger charge is -2.43. The van der Waals surface area contributed by atoms with Crippen molar-refractivity contribution in [2.75, 3.05) is 0 Å². The largest absolute Gasteiger partial charge is 0.478 e. The maximum Gasteiger partial charge on any atom is 0.362 e. The topological polar surface area (TPSA) is 275 Å². The summed E-state index contributed by atoms with van der Waals surface area (Å²) in [7, 11) is -5.03. The van der Waals surface area contributed by atoms with Gasteiger partial charge in [0.25, 0.3) is 17.7 Å². The van der Waals surface area contributed by atoms with Gasteiger partial charge in [-0.2, -0.15) is 8.42 Å². The van der Waals surface area contributed by atoms with Gasteiger partial charge < -0.3 is 32.0 Å². The number of aromatic nitrogens is 3. The number of primary amides is 1. The highest BCUT2D eigenvalue weighted by Gasteiger charge is 2.54. The number of rotatable bonds is 10. The highest BCUT2D eigenvalue weighted by Crippen LogP contribution is 2.26. The summed E-state index contributed by atoms with van der Waals surface area (Å²) in [6, 6.07) is -2.90. The van der Waals surface area contributed by atoms with Gasteiger partial charge in [-0.1, -0.05) is 16.9 Å². The number of hydrogen-bond donors (Lipinski definition) is 6. The number of carboxylic acids is 1. The van der Waals surface area contributed by atoms with Crippen molar-refractivity contribution in [1.29, 1.82) is 0 Å². The lowest BCUT2D eigenvalue weighted by molar-refractivity contribution is -0.161. The van der Waals surface area contributed by atoms with Crippen molar-refractivity contribution in [3.63, 3.8) is 0 Å². The van der Waals surface area contributed by atoms with E-state index in [1.807, 2.05) is 0 Å². The number of oxime groups is 1. The van der Waals surface area contributed by atoms with Crippen molar-refractivity contribution in [2.24, 2.45) is 16.6 Å². The molecule has 20 heteroatoms. The van der Waals surface area contributed by atoms with E-state index in [1.165, 1.54) is 19.3 Å². The second-order valence-corrected chi connectivity index (χ2v) is 10.2. The van der Waals surface area contributed by atoms with Gasteiger partial charge in [-0.15, -0.1) is 5.10 Å². The first kappa shape index (κ1) is 26.8. The van der Waals surface area contributed by atoms with Crippen molar-refractivity contribution in [3.05, 3.63) is 23.3 Å². The van der Waals surface area contributed by atoms with E-state index in [1.54, 1.807) is 0 Å². The van der Waals surface area contributed by atoms with Crippen molar-refractivity contribution in [3.8, 4) is 0 Å². The molecule has 0 aromatic carbocycles. The number of nitrogens with zero attached hydrogens (tertiary/aromatic N) is 5. The summed E-state index contributed by atoms with van der Waals surface area (Å²) < 4.78 is 34.0. The van der Waals surface area contributed by atoms with E-state index < -0.39 is 69.4 Å². The average Bonchev–Trinajstić information content (AvgIpc) is 3.40. The van der Waals surface area contributed by atoms with E-state index in [9.17, 15) is 37.3 Å². The smallest absolute Gasteiger partial charge is 0.362 e. The van der Waals surface area contributed by atoms with Gasteiger partial charge >= 0.3 is 16.3 Å². The van der Waals surface area contributed by atoms with Crippen LogP contribution in [0.25, 0.3) is 0 Å². The number of carboxylic acid groups (broad SMARTS) is 1. The minimum Gasteiger partial charge on any atom is -0.478 e. The molecule has 1 fully saturated rings. The summed E-state index contributed by atoms with van der Waals surface area (Å²) in [5.41, 5.74) is 7.87. The Morgan fingerprint density at radius 3 is 2.56 bits per heavy atom. The molecule has 0 saturated carbocycles. The van der Waals surface area contributed by atoms with Crippen molar-refractivity contribution in [1.82, 2.24) is 29.7 Å². The van der Waals surface area contributed by atoms with Crippen LogP contribution in [0.3, 0.4) is 0 Å². The predicted octanol–water partition coefficient (Wildman–Crippen LogP) is -3.47. The Morgan fingerprint density at radius 2 is 2.06 bits per heavy atom. The molecule has 8 N–H and O–H groups in total. The molecule has 1 saturated heterocycles. The summed E-state index contributed by atoms with van der Waals surface area (Å²) >= 11 is 1.07. The van der Waals surface area contributed by atoms with Gasteiger partial charge in [-0.05, 0) is 13.8 Å². The van der Waals surface area contributed by atoms with Crippen LogP contribution in [-0.4, -0.2) is 89.7 Å². The van der Waals surface area contributed by atoms with E-state index >= 15 is 0 Å². The Hall–Kier alpha value is -3.75. The number of carbonyl (C=O) groups is 4. The molecule has 3 amide bonds. The number of amides is 3. The van der Waals surface area contributed by atoms with Crippen LogP contribution >= 0.6 is 11.8 Å². The Kier molecular flexibility index (Phi) is 7.25. The second-order valence-electron chi connectivity index (χ2n) is 7.86. The van der Waals surface area contributed by atoms with Crippen molar-refractivity contribution >= 4 is 51.5 Å². The first-order valence-electron chi connectivity index (χ1n) is 9.80. The number of thioether (sulfide) groups is 1. The molecule has 3 atom stereocenters. The minimum absolute atomic E-state index is 0.0449. The number of nitrogens with one attached hydrogen (secondary N) is 2. The third-order valence-corrected chi connectivity index (χ3v) is 6.55. The van der Waals surface area contributed by atoms with Crippen LogP contribution in [0.4, 0.5) is 0 Å². The van der Waals surface area contributed by atoms with Crippen LogP contribution in [0.2, 0.25) is 0 Å². The van der Waals surface area contributed by atoms with Gasteiger partial charge in [-0.25, -0.2) is 18.8 Å². The molecule has 18 nitrogen and oxygen atoms in total. The predicted molar refractivity (Wildman–Crippen MR) is 120 cm³/mol. The van der Waals surface area contributed by atoms with Crippen LogP contribution in [-0.2, 0) is 36.1 Å². The Morgan fingerprint density at radius 1 is 1.39 bits per heavy atom. The van der Waals surface area contributed by atoms with E-state index in [0.29, 0.717) is 0 Å². The van der Waals surface area contributed by atoms with Crippen LogP contribution in [0.5, 0.6) is 0 Å². The number of carbonyl (C=O) groups excluding carboxylic acids is 3. The van der Waals surface area contributed by atoms with Gasteiger partial charge in [0, 0.05) is 5.41 Å². The Balaban J connectivity index is 1.87. The third kappa shape index (κ3) is 5.56. The molecule has 3 unspecified atom stereocenters. The highest BCUT2D eigenvalue weighted by atomic mass is 32.2. The summed E-state index contributed by atoms with van der Waals surface area (Å²) in [5.74, 6) is -4.98. The lowest BCUT2D eigenvalue weighted by atomic mass is 9.98. The molecule has 36 heavy (non-hydrogen) atoms. The Bertz CT molecular complexity index is 1270. The fourth-order valence-corrected chi connectivity index (χ4v) is 4.46. The molecule has 0 spiro atoms. The zero-order valence-electron chi connectivity index (χ0n) is 18.6. The number of aliphatic carboxylic acids is 1. The summed E-state index contributed by atoms with van der Waals surface area (Å²) in [6.07, 6.45) is 1.03. The third-order valence-electron chi connectivity index (χ3n) is 4.82. The van der Waals surface area contributed by atoms with Crippen molar-refractivity contribution < 1.29 is 42.1 Å². The summed E-state index contributed by atoms with van der Waals surface area (Å²) in [6.45, 7) is 1.94.